The minimum atomic E-state index is -1.83. The van der Waals surface area contributed by atoms with Crippen LogP contribution < -0.4 is 0 Å². The van der Waals surface area contributed by atoms with Gasteiger partial charge in [0.05, 0.1) is 26.9 Å². The molecule has 0 atom stereocenters. The van der Waals surface area contributed by atoms with Crippen LogP contribution >= 0.6 is 10.4 Å². The molecule has 0 radical (unpaired) electrons. The Morgan fingerprint density at radius 3 is 2.36 bits per heavy atom. The van der Waals surface area contributed by atoms with Crippen LogP contribution in [0.1, 0.15) is 13.8 Å². The maximum absolute atomic E-state index is 10.7. The largest absolute Gasteiger partial charge is 0.373 e. The smallest absolute Gasteiger partial charge is 0.0853 e. The summed E-state index contributed by atoms with van der Waals surface area (Å²) in [6.07, 6.45) is 3.80. The fourth-order valence-corrected chi connectivity index (χ4v) is 2.58. The maximum atomic E-state index is 10.7. The Balaban J connectivity index is 2.37. The molecule has 1 rings (SSSR count). The third-order valence-corrected chi connectivity index (χ3v) is 4.57. The number of hydrogen-bond acceptors (Lipinski definition) is 4. The highest BCUT2D eigenvalue weighted by molar-refractivity contribution is 8.25. The molecule has 0 saturated carbocycles. The Bertz CT molecular complexity index is 227. The summed E-state index contributed by atoms with van der Waals surface area (Å²) >= 11 is 0. The summed E-state index contributed by atoms with van der Waals surface area (Å²) in [5.41, 5.74) is 0. The number of nitro groups is 1. The summed E-state index contributed by atoms with van der Waals surface area (Å²) in [5, 5.41) is 10.7. The molecule has 0 N–H and O–H groups in total. The Morgan fingerprint density at radius 2 is 2.00 bits per heavy atom. The summed E-state index contributed by atoms with van der Waals surface area (Å²) in [7, 11) is -1.83. The number of nitrogens with zero attached hydrogens (tertiary/aromatic N) is 2. The van der Waals surface area contributed by atoms with Gasteiger partial charge in [0.1, 0.15) is 0 Å². The highest BCUT2D eigenvalue weighted by Crippen LogP contribution is 2.47. The van der Waals surface area contributed by atoms with Gasteiger partial charge in [-0.05, 0) is 13.8 Å². The zero-order chi connectivity index (χ0) is 10.9. The normalized spacial score (nSPS) is 20.9. The fourth-order valence-electron chi connectivity index (χ4n) is 1.33. The lowest BCUT2D eigenvalue weighted by molar-refractivity contribution is -0.304. The Morgan fingerprint density at radius 1 is 1.50 bits per heavy atom. The topological polar surface area (TPSA) is 55.6 Å². The van der Waals surface area contributed by atoms with E-state index in [-0.39, 0.29) is 16.5 Å². The third-order valence-electron chi connectivity index (χ3n) is 2.28. The van der Waals surface area contributed by atoms with Crippen molar-refractivity contribution in [1.82, 2.24) is 4.31 Å². The van der Waals surface area contributed by atoms with Gasteiger partial charge in [-0.2, -0.15) is 0 Å². The molecule has 0 bridgehead atoms. The van der Waals surface area contributed by atoms with Crippen LogP contribution in [-0.2, 0) is 4.74 Å². The fraction of sp³-hybridized carbons (Fsp3) is 1.00. The van der Waals surface area contributed by atoms with Crippen LogP contribution in [0.25, 0.3) is 0 Å². The van der Waals surface area contributed by atoms with Crippen LogP contribution in [0, 0.1) is 10.1 Å². The lowest BCUT2D eigenvalue weighted by Crippen LogP contribution is -2.54. The first kappa shape index (κ1) is 11.7. The molecule has 0 amide bonds. The van der Waals surface area contributed by atoms with Crippen molar-refractivity contribution in [2.24, 2.45) is 0 Å². The third kappa shape index (κ3) is 2.37. The second-order valence-corrected chi connectivity index (χ2v) is 7.35. The van der Waals surface area contributed by atoms with Crippen LogP contribution in [0.15, 0.2) is 0 Å². The molecule has 0 aromatic rings. The van der Waals surface area contributed by atoms with E-state index in [4.69, 9.17) is 4.74 Å². The molecule has 0 spiro atoms. The van der Waals surface area contributed by atoms with Crippen molar-refractivity contribution in [1.29, 1.82) is 0 Å². The quantitative estimate of drug-likeness (QED) is 0.531. The van der Waals surface area contributed by atoms with Crippen molar-refractivity contribution >= 4 is 10.4 Å². The lowest BCUT2D eigenvalue weighted by Gasteiger charge is -2.45. The van der Waals surface area contributed by atoms with Crippen LogP contribution in [0.4, 0.5) is 0 Å². The van der Waals surface area contributed by atoms with E-state index in [0.29, 0.717) is 13.1 Å². The maximum Gasteiger partial charge on any atom is 0.0853 e. The van der Waals surface area contributed by atoms with Gasteiger partial charge in [-0.1, -0.05) is 0 Å². The number of rotatable bonds is 4. The summed E-state index contributed by atoms with van der Waals surface area (Å²) in [6.45, 7) is 5.35. The second kappa shape index (κ2) is 4.04. The van der Waals surface area contributed by atoms with Crippen molar-refractivity contribution in [3.8, 4) is 0 Å². The zero-order valence-corrected chi connectivity index (χ0v) is 9.91. The standard InChI is InChI=1S/C8H18N2O3S/c1-7(2)13-8-5-9(6-8)14(3,4)10(11)12/h7-8H,5-6H2,1-4H3. The molecule has 1 saturated heterocycles. The van der Waals surface area contributed by atoms with Gasteiger partial charge in [0.2, 0.25) is 0 Å². The van der Waals surface area contributed by atoms with Gasteiger partial charge in [0.25, 0.3) is 0 Å². The molecule has 0 unspecified atom stereocenters. The van der Waals surface area contributed by atoms with Gasteiger partial charge >= 0.3 is 0 Å². The Kier molecular flexibility index (Phi) is 3.39. The van der Waals surface area contributed by atoms with Crippen LogP contribution in [0.3, 0.4) is 0 Å². The molecular weight excluding hydrogens is 204 g/mol. The van der Waals surface area contributed by atoms with E-state index in [1.807, 2.05) is 18.2 Å². The molecule has 1 aliphatic rings. The van der Waals surface area contributed by atoms with Crippen molar-refractivity contribution in [2.75, 3.05) is 25.6 Å². The first-order valence-electron chi connectivity index (χ1n) is 4.62. The summed E-state index contributed by atoms with van der Waals surface area (Å²) < 4.78 is 7.28. The van der Waals surface area contributed by atoms with Gasteiger partial charge in [-0.25, -0.2) is 4.31 Å². The minimum Gasteiger partial charge on any atom is -0.373 e. The van der Waals surface area contributed by atoms with Gasteiger partial charge in [0.15, 0.2) is 0 Å². The van der Waals surface area contributed by atoms with E-state index in [0.717, 1.165) is 0 Å². The van der Waals surface area contributed by atoms with E-state index in [9.17, 15) is 10.1 Å². The van der Waals surface area contributed by atoms with Gasteiger partial charge in [-0.3, -0.25) is 10.1 Å². The highest BCUT2D eigenvalue weighted by Gasteiger charge is 2.42. The summed E-state index contributed by atoms with van der Waals surface area (Å²) in [5.74, 6) is 0. The van der Waals surface area contributed by atoms with Crippen LogP contribution in [0.2, 0.25) is 0 Å². The molecule has 0 aliphatic carbocycles. The van der Waals surface area contributed by atoms with Crippen molar-refractivity contribution in [2.45, 2.75) is 26.1 Å². The highest BCUT2D eigenvalue weighted by atomic mass is 32.3. The molecule has 1 aliphatic heterocycles. The predicted octanol–water partition coefficient (Wildman–Crippen LogP) is 1.27. The summed E-state index contributed by atoms with van der Waals surface area (Å²) in [4.78, 5) is 10.7. The SMILES string of the molecule is CC(C)OC1CN(S(C)(C)[N+](=O)[O-])C1. The molecule has 6 heteroatoms. The first-order valence-corrected chi connectivity index (χ1v) is 6.99. The second-order valence-electron chi connectivity index (χ2n) is 4.10. The summed E-state index contributed by atoms with van der Waals surface area (Å²) in [6, 6.07) is 0. The number of hydrogen-bond donors (Lipinski definition) is 0. The number of ether oxygens (including phenoxy) is 1. The minimum absolute atomic E-state index is 0.168. The van der Waals surface area contributed by atoms with Crippen LogP contribution in [-0.4, -0.2) is 46.4 Å². The average Bonchev–Trinajstić information content (AvgIpc) is 1.94. The van der Waals surface area contributed by atoms with E-state index in [1.165, 1.54) is 0 Å². The molecular formula is C8H18N2O3S. The average molecular weight is 222 g/mol. The Hall–Kier alpha value is -0.330. The Labute approximate surface area is 86.1 Å². The van der Waals surface area contributed by atoms with Gasteiger partial charge < -0.3 is 4.74 Å². The van der Waals surface area contributed by atoms with Gasteiger partial charge in [-0.15, -0.1) is 0 Å². The first-order chi connectivity index (χ1) is 6.34. The van der Waals surface area contributed by atoms with E-state index in [2.05, 4.69) is 0 Å². The van der Waals surface area contributed by atoms with Gasteiger partial charge in [0, 0.05) is 25.6 Å². The van der Waals surface area contributed by atoms with Crippen molar-refractivity contribution in [3.05, 3.63) is 10.1 Å². The predicted molar refractivity (Wildman–Crippen MR) is 58.0 cm³/mol. The molecule has 1 fully saturated rings. The van der Waals surface area contributed by atoms with Crippen molar-refractivity contribution < 1.29 is 9.07 Å². The molecule has 84 valence electrons. The van der Waals surface area contributed by atoms with Crippen molar-refractivity contribution in [3.63, 3.8) is 0 Å². The molecule has 5 nitrogen and oxygen atoms in total. The molecule has 14 heavy (non-hydrogen) atoms. The molecule has 0 aromatic carbocycles. The lowest BCUT2D eigenvalue weighted by atomic mass is 10.2. The van der Waals surface area contributed by atoms with Crippen LogP contribution in [0.5, 0.6) is 0 Å². The zero-order valence-electron chi connectivity index (χ0n) is 9.10. The van der Waals surface area contributed by atoms with E-state index in [1.54, 1.807) is 12.5 Å². The van der Waals surface area contributed by atoms with E-state index >= 15 is 0 Å². The molecule has 1 heterocycles. The van der Waals surface area contributed by atoms with E-state index < -0.39 is 10.4 Å². The monoisotopic (exact) mass is 222 g/mol. The molecule has 0 aromatic heterocycles.